The molecule has 0 radical (unpaired) electrons. The Hall–Kier alpha value is -2.86. The van der Waals surface area contributed by atoms with E-state index in [0.717, 1.165) is 17.8 Å². The van der Waals surface area contributed by atoms with Gasteiger partial charge in [0.1, 0.15) is 11.1 Å². The number of anilines is 1. The predicted molar refractivity (Wildman–Crippen MR) is 94.5 cm³/mol. The Labute approximate surface area is 157 Å². The Kier molecular flexibility index (Phi) is 6.23. The highest BCUT2D eigenvalue weighted by atomic mass is 32.2. The number of aryl methyl sites for hydroxylation is 1. The number of nitrogens with one attached hydrogen (secondary N) is 1. The molecule has 1 amide bonds. The van der Waals surface area contributed by atoms with Gasteiger partial charge in [0.25, 0.3) is 0 Å². The zero-order chi connectivity index (χ0) is 20.2. The summed E-state index contributed by atoms with van der Waals surface area (Å²) < 4.78 is 39.3. The Morgan fingerprint density at radius 2 is 1.96 bits per heavy atom. The summed E-state index contributed by atoms with van der Waals surface area (Å²) in [6, 6.07) is 8.70. The third kappa shape index (κ3) is 5.08. The molecule has 1 aromatic carbocycles. The summed E-state index contributed by atoms with van der Waals surface area (Å²) in [5.41, 5.74) is -0.977. The van der Waals surface area contributed by atoms with E-state index in [2.05, 4.69) is 10.3 Å². The molecule has 0 aliphatic rings. The Balaban J connectivity index is 2.20. The number of nitrogens with zero attached hydrogens (tertiary/aromatic N) is 2. The quantitative estimate of drug-likeness (QED) is 0.608. The van der Waals surface area contributed by atoms with Gasteiger partial charge in [0.15, 0.2) is 5.78 Å². The molecule has 1 heterocycles. The number of benzene rings is 1. The summed E-state index contributed by atoms with van der Waals surface area (Å²) in [6.07, 6.45) is -4.70. The van der Waals surface area contributed by atoms with Crippen LogP contribution in [-0.4, -0.2) is 22.4 Å². The summed E-state index contributed by atoms with van der Waals surface area (Å²) in [6.45, 7) is 2.73. The van der Waals surface area contributed by atoms with E-state index < -0.39 is 23.2 Å². The van der Waals surface area contributed by atoms with Crippen LogP contribution in [0.4, 0.5) is 18.9 Å². The maximum Gasteiger partial charge on any atom is 0.417 e. The topological polar surface area (TPSA) is 82.8 Å². The van der Waals surface area contributed by atoms with Gasteiger partial charge in [-0.3, -0.25) is 9.59 Å². The number of hydrogen-bond acceptors (Lipinski definition) is 5. The van der Waals surface area contributed by atoms with E-state index in [9.17, 15) is 22.8 Å². The first kappa shape index (κ1) is 20.5. The van der Waals surface area contributed by atoms with Crippen molar-refractivity contribution in [1.29, 1.82) is 5.26 Å². The molecule has 0 fully saturated rings. The Morgan fingerprint density at radius 3 is 2.56 bits per heavy atom. The minimum atomic E-state index is -4.70. The van der Waals surface area contributed by atoms with Crippen LogP contribution >= 0.6 is 11.8 Å². The van der Waals surface area contributed by atoms with Crippen LogP contribution < -0.4 is 5.32 Å². The van der Waals surface area contributed by atoms with E-state index >= 15 is 0 Å². The van der Waals surface area contributed by atoms with Crippen molar-refractivity contribution in [3.8, 4) is 6.07 Å². The highest BCUT2D eigenvalue weighted by Crippen LogP contribution is 2.35. The van der Waals surface area contributed by atoms with Crippen LogP contribution in [0, 0.1) is 18.3 Å². The number of rotatable bonds is 5. The van der Waals surface area contributed by atoms with Gasteiger partial charge < -0.3 is 5.32 Å². The Bertz CT molecular complexity index is 936. The highest BCUT2D eigenvalue weighted by molar-refractivity contribution is 8.00. The number of carbonyl (C=O) groups is 2. The van der Waals surface area contributed by atoms with Gasteiger partial charge in [-0.2, -0.15) is 18.4 Å². The van der Waals surface area contributed by atoms with Crippen molar-refractivity contribution in [1.82, 2.24) is 4.98 Å². The monoisotopic (exact) mass is 393 g/mol. The smallest absolute Gasteiger partial charge is 0.325 e. The molecule has 1 aromatic heterocycles. The molecule has 9 heteroatoms. The average Bonchev–Trinajstić information content (AvgIpc) is 2.59. The van der Waals surface area contributed by atoms with Gasteiger partial charge in [-0.25, -0.2) is 4.98 Å². The molecule has 0 aliphatic carbocycles. The van der Waals surface area contributed by atoms with E-state index in [1.165, 1.54) is 19.9 Å². The lowest BCUT2D eigenvalue weighted by Crippen LogP contribution is -2.17. The van der Waals surface area contributed by atoms with Crippen molar-refractivity contribution in [2.75, 3.05) is 11.1 Å². The van der Waals surface area contributed by atoms with Gasteiger partial charge in [-0.15, -0.1) is 0 Å². The van der Waals surface area contributed by atoms with Gasteiger partial charge in [0, 0.05) is 11.3 Å². The van der Waals surface area contributed by atoms with E-state index in [1.54, 1.807) is 24.3 Å². The number of amides is 1. The molecule has 1 N–H and O–H groups in total. The molecule has 0 saturated heterocycles. The lowest BCUT2D eigenvalue weighted by Gasteiger charge is -2.13. The maximum atomic E-state index is 13.1. The highest BCUT2D eigenvalue weighted by Gasteiger charge is 2.35. The SMILES string of the molecule is CC(=O)c1ccccc1NC(=O)CSc1nc(C)cc(C(F)(F)F)c1C#N. The fourth-order valence-electron chi connectivity index (χ4n) is 2.30. The van der Waals surface area contributed by atoms with Gasteiger partial charge in [-0.05, 0) is 32.0 Å². The maximum absolute atomic E-state index is 13.1. The molecule has 27 heavy (non-hydrogen) atoms. The predicted octanol–water partition coefficient (Wildman–Crippen LogP) is 4.21. The van der Waals surface area contributed by atoms with Gasteiger partial charge in [0.2, 0.25) is 5.91 Å². The number of thioether (sulfide) groups is 1. The lowest BCUT2D eigenvalue weighted by atomic mass is 10.1. The van der Waals surface area contributed by atoms with Crippen LogP contribution in [0.25, 0.3) is 0 Å². The normalized spacial score (nSPS) is 11.0. The fourth-order valence-corrected chi connectivity index (χ4v) is 3.15. The van der Waals surface area contributed by atoms with Gasteiger partial charge in [0.05, 0.1) is 22.6 Å². The Morgan fingerprint density at radius 1 is 1.30 bits per heavy atom. The van der Waals surface area contributed by atoms with E-state index in [4.69, 9.17) is 5.26 Å². The van der Waals surface area contributed by atoms with E-state index in [0.29, 0.717) is 11.3 Å². The largest absolute Gasteiger partial charge is 0.417 e. The minimum Gasteiger partial charge on any atom is -0.325 e. The number of nitriles is 1. The molecular formula is C18H14F3N3O2S. The van der Waals surface area contributed by atoms with Gasteiger partial charge >= 0.3 is 6.18 Å². The number of hydrogen-bond donors (Lipinski definition) is 1. The summed E-state index contributed by atoms with van der Waals surface area (Å²) in [5.74, 6) is -1.04. The van der Waals surface area contributed by atoms with Crippen molar-refractivity contribution in [3.63, 3.8) is 0 Å². The number of pyridine rings is 1. The molecule has 0 saturated carbocycles. The number of halogens is 3. The lowest BCUT2D eigenvalue weighted by molar-refractivity contribution is -0.138. The number of para-hydroxylation sites is 1. The second-order valence-electron chi connectivity index (χ2n) is 5.54. The first-order chi connectivity index (χ1) is 12.6. The van der Waals surface area contributed by atoms with Crippen LogP contribution in [0.5, 0.6) is 0 Å². The van der Waals surface area contributed by atoms with Crippen molar-refractivity contribution in [3.05, 3.63) is 52.7 Å². The molecular weight excluding hydrogens is 379 g/mol. The molecule has 0 unspecified atom stereocenters. The summed E-state index contributed by atoms with van der Waals surface area (Å²) in [4.78, 5) is 27.7. The number of alkyl halides is 3. The molecule has 140 valence electrons. The summed E-state index contributed by atoms with van der Waals surface area (Å²) >= 11 is 0.727. The minimum absolute atomic E-state index is 0.0890. The second-order valence-corrected chi connectivity index (χ2v) is 6.50. The average molecular weight is 393 g/mol. The molecule has 2 aromatic rings. The molecule has 0 aliphatic heterocycles. The molecule has 0 spiro atoms. The van der Waals surface area contributed by atoms with Crippen molar-refractivity contribution >= 4 is 29.1 Å². The van der Waals surface area contributed by atoms with Crippen LogP contribution in [0.15, 0.2) is 35.4 Å². The first-order valence-corrected chi connectivity index (χ1v) is 8.63. The molecule has 0 bridgehead atoms. The van der Waals surface area contributed by atoms with Crippen LogP contribution in [-0.2, 0) is 11.0 Å². The summed E-state index contributed by atoms with van der Waals surface area (Å²) in [5, 5.41) is 11.5. The molecule has 5 nitrogen and oxygen atoms in total. The molecule has 0 atom stereocenters. The second kappa shape index (κ2) is 8.22. The van der Waals surface area contributed by atoms with Crippen molar-refractivity contribution in [2.45, 2.75) is 25.0 Å². The van der Waals surface area contributed by atoms with Crippen LogP contribution in [0.3, 0.4) is 0 Å². The van der Waals surface area contributed by atoms with E-state index in [1.807, 2.05) is 0 Å². The van der Waals surface area contributed by atoms with Crippen molar-refractivity contribution < 1.29 is 22.8 Å². The van der Waals surface area contributed by atoms with Gasteiger partial charge in [-0.1, -0.05) is 23.9 Å². The number of Topliss-reactive ketones (excluding diaryl/α,β-unsaturated/α-hetero) is 1. The number of carbonyl (C=O) groups excluding carboxylic acids is 2. The van der Waals surface area contributed by atoms with E-state index in [-0.39, 0.29) is 22.3 Å². The fraction of sp³-hybridized carbons (Fsp3) is 0.222. The van der Waals surface area contributed by atoms with Crippen molar-refractivity contribution in [2.24, 2.45) is 0 Å². The summed E-state index contributed by atoms with van der Waals surface area (Å²) in [7, 11) is 0. The standard InChI is InChI=1S/C18H14F3N3O2S/c1-10-7-14(18(19,20)21)13(8-22)17(23-10)27-9-16(26)24-15-6-4-3-5-12(15)11(2)25/h3-7H,9H2,1-2H3,(H,24,26). The van der Waals surface area contributed by atoms with Crippen LogP contribution in [0.2, 0.25) is 0 Å². The first-order valence-electron chi connectivity index (χ1n) is 7.65. The molecule has 2 rings (SSSR count). The van der Waals surface area contributed by atoms with Crippen LogP contribution in [0.1, 0.15) is 34.1 Å². The zero-order valence-electron chi connectivity index (χ0n) is 14.3. The third-order valence-electron chi connectivity index (χ3n) is 3.45. The number of aromatic nitrogens is 1. The zero-order valence-corrected chi connectivity index (χ0v) is 15.2. The number of ketones is 1. The third-order valence-corrected chi connectivity index (χ3v) is 4.43.